The average molecular weight is 508 g/mol. The lowest BCUT2D eigenvalue weighted by Crippen LogP contribution is -2.39. The molecule has 1 aromatic carbocycles. The molecule has 36 heavy (non-hydrogen) atoms. The van der Waals surface area contributed by atoms with Crippen molar-refractivity contribution in [3.8, 4) is 0 Å². The molecule has 2 fully saturated rings. The number of nitrogens with one attached hydrogen (secondary N) is 1. The van der Waals surface area contributed by atoms with E-state index in [-0.39, 0.29) is 22.8 Å². The van der Waals surface area contributed by atoms with Gasteiger partial charge in [-0.25, -0.2) is 22.2 Å². The van der Waals surface area contributed by atoms with E-state index in [4.69, 9.17) is 0 Å². The van der Waals surface area contributed by atoms with E-state index in [9.17, 15) is 13.2 Å². The summed E-state index contributed by atoms with van der Waals surface area (Å²) in [7, 11) is -3.83. The molecule has 3 aromatic heterocycles. The largest absolute Gasteiger partial charge is 0.338 e. The van der Waals surface area contributed by atoms with Crippen molar-refractivity contribution in [2.45, 2.75) is 43.9 Å². The number of amides is 2. The van der Waals surface area contributed by atoms with Gasteiger partial charge in [-0.1, -0.05) is 37.5 Å². The number of carbonyl (C=O) groups excluding carboxylic acids is 1. The van der Waals surface area contributed by atoms with Crippen molar-refractivity contribution in [1.82, 2.24) is 33.8 Å². The molecule has 2 amide bonds. The summed E-state index contributed by atoms with van der Waals surface area (Å²) in [5.41, 5.74) is 2.45. The van der Waals surface area contributed by atoms with E-state index in [1.54, 1.807) is 36.5 Å². The minimum Gasteiger partial charge on any atom is -0.338 e. The number of rotatable bonds is 6. The summed E-state index contributed by atoms with van der Waals surface area (Å²) in [6.45, 7) is 5.89. The number of likely N-dealkylation sites (tertiary alicyclic amines) is 1. The molecule has 2 aliphatic rings. The number of fused-ring (bicyclic) bond motifs is 3. The highest BCUT2D eigenvalue weighted by Gasteiger charge is 2.37. The summed E-state index contributed by atoms with van der Waals surface area (Å²) in [6, 6.07) is 8.44. The first-order valence-corrected chi connectivity index (χ1v) is 13.8. The average Bonchev–Trinajstić information content (AvgIpc) is 3.24. The lowest BCUT2D eigenvalue weighted by atomic mass is 9.97. The Hall–Kier alpha value is -3.47. The fourth-order valence-electron chi connectivity index (χ4n) is 5.08. The van der Waals surface area contributed by atoms with Crippen molar-refractivity contribution < 1.29 is 13.2 Å². The fraction of sp³-hybridized carbons (Fsp3) is 0.440. The van der Waals surface area contributed by atoms with Crippen LogP contribution in [0.15, 0.2) is 47.6 Å². The van der Waals surface area contributed by atoms with Crippen LogP contribution in [-0.4, -0.2) is 62.5 Å². The highest BCUT2D eigenvalue weighted by molar-refractivity contribution is 7.90. The van der Waals surface area contributed by atoms with Gasteiger partial charge in [0, 0.05) is 31.7 Å². The number of nitrogens with zero attached hydrogens (tertiary/aromatic N) is 6. The van der Waals surface area contributed by atoms with Gasteiger partial charge in [-0.2, -0.15) is 0 Å². The third kappa shape index (κ3) is 3.91. The number of carbonyl (C=O) groups is 1. The maximum Gasteiger partial charge on any atom is 0.317 e. The maximum atomic E-state index is 13.4. The molecule has 4 heterocycles. The van der Waals surface area contributed by atoms with Gasteiger partial charge in [0.1, 0.15) is 5.82 Å². The number of aryl methyl sites for hydroxylation is 1. The van der Waals surface area contributed by atoms with Gasteiger partial charge >= 0.3 is 6.03 Å². The second-order valence-corrected chi connectivity index (χ2v) is 11.9. The Kier molecular flexibility index (Phi) is 5.47. The van der Waals surface area contributed by atoms with Crippen LogP contribution in [-0.2, 0) is 10.0 Å². The molecule has 10 nitrogen and oxygen atoms in total. The number of hydrogen-bond acceptors (Lipinski definition) is 6. The molecule has 0 spiro atoms. The molecule has 0 bridgehead atoms. The van der Waals surface area contributed by atoms with Crippen LogP contribution in [0.1, 0.15) is 43.5 Å². The second-order valence-electron chi connectivity index (χ2n) is 10.1. The molecule has 1 aliphatic heterocycles. The number of hydrogen-bond donors (Lipinski definition) is 1. The third-order valence-corrected chi connectivity index (χ3v) is 9.08. The predicted molar refractivity (Wildman–Crippen MR) is 134 cm³/mol. The molecule has 6 rings (SSSR count). The molecule has 1 N–H and O–H groups in total. The van der Waals surface area contributed by atoms with E-state index in [1.807, 2.05) is 16.2 Å². The molecule has 11 heteroatoms. The van der Waals surface area contributed by atoms with Crippen molar-refractivity contribution in [1.29, 1.82) is 0 Å². The zero-order valence-electron chi connectivity index (χ0n) is 20.3. The highest BCUT2D eigenvalue weighted by Crippen LogP contribution is 2.34. The smallest absolute Gasteiger partial charge is 0.317 e. The summed E-state index contributed by atoms with van der Waals surface area (Å²) < 4.78 is 29.8. The highest BCUT2D eigenvalue weighted by atomic mass is 32.2. The summed E-state index contributed by atoms with van der Waals surface area (Å²) in [4.78, 5) is 19.2. The monoisotopic (exact) mass is 507 g/mol. The lowest BCUT2D eigenvalue weighted by Gasteiger charge is -2.17. The zero-order valence-corrected chi connectivity index (χ0v) is 21.1. The third-order valence-electron chi connectivity index (χ3n) is 7.40. The molecule has 1 saturated carbocycles. The molecule has 1 saturated heterocycles. The van der Waals surface area contributed by atoms with Gasteiger partial charge < -0.3 is 10.2 Å². The van der Waals surface area contributed by atoms with Crippen LogP contribution >= 0.6 is 0 Å². The first-order valence-electron chi connectivity index (χ1n) is 12.4. The summed E-state index contributed by atoms with van der Waals surface area (Å²) in [5, 5.41) is 11.8. The van der Waals surface area contributed by atoms with Crippen molar-refractivity contribution in [2.24, 2.45) is 11.8 Å². The Balaban J connectivity index is 1.32. The van der Waals surface area contributed by atoms with Crippen molar-refractivity contribution in [3.05, 3.63) is 54.1 Å². The van der Waals surface area contributed by atoms with Crippen LogP contribution in [0.2, 0.25) is 0 Å². The molecular formula is C25H29N7O3S. The SMILES string of the molecule is Cc1ccc(S(=O)(=O)n2ccc3c2ncc2nnc([C@H]4CN(C(=O)NCCC5CC5)C[C@H]4C)n23)cc1. The van der Waals surface area contributed by atoms with Crippen molar-refractivity contribution in [2.75, 3.05) is 19.6 Å². The minimum atomic E-state index is -3.83. The first kappa shape index (κ1) is 23.0. The molecule has 2 atom stereocenters. The van der Waals surface area contributed by atoms with Gasteiger partial charge in [0.05, 0.1) is 16.6 Å². The van der Waals surface area contributed by atoms with Crippen molar-refractivity contribution >= 4 is 32.9 Å². The van der Waals surface area contributed by atoms with E-state index in [0.717, 1.165) is 17.9 Å². The van der Waals surface area contributed by atoms with Crippen LogP contribution in [0, 0.1) is 18.8 Å². The van der Waals surface area contributed by atoms with E-state index >= 15 is 0 Å². The Labute approximate surface area is 209 Å². The Bertz CT molecular complexity index is 1550. The standard InChI is InChI=1S/C25H29N7O3S/c1-16-3-7-19(8-4-16)36(34,35)31-12-10-21-24(31)27-13-22-28-29-23(32(21)22)20-15-30(14-17(20)2)25(33)26-11-9-18-5-6-18/h3-4,7-8,10,12-13,17-18,20H,5-6,9,11,14-15H2,1-2H3,(H,26,33)/t17-,20+/m1/s1. The van der Waals surface area contributed by atoms with Gasteiger partial charge in [-0.15, -0.1) is 10.2 Å². The van der Waals surface area contributed by atoms with Gasteiger partial charge in [0.15, 0.2) is 11.3 Å². The molecule has 4 aromatic rings. The quantitative estimate of drug-likeness (QED) is 0.429. The first-order chi connectivity index (χ1) is 17.3. The minimum absolute atomic E-state index is 0.0307. The van der Waals surface area contributed by atoms with E-state index in [0.29, 0.717) is 42.3 Å². The van der Waals surface area contributed by atoms with Crippen LogP contribution < -0.4 is 5.32 Å². The van der Waals surface area contributed by atoms with Gasteiger partial charge in [-0.05, 0) is 43.4 Å². The van der Waals surface area contributed by atoms with Gasteiger partial charge in [0.2, 0.25) is 0 Å². The second kappa shape index (κ2) is 8.58. The van der Waals surface area contributed by atoms with Crippen molar-refractivity contribution in [3.63, 3.8) is 0 Å². The van der Waals surface area contributed by atoms with E-state index in [2.05, 4.69) is 27.4 Å². The number of benzene rings is 1. The fourth-order valence-corrected chi connectivity index (χ4v) is 6.38. The Morgan fingerprint density at radius 1 is 1.11 bits per heavy atom. The topological polar surface area (TPSA) is 114 Å². The lowest BCUT2D eigenvalue weighted by molar-refractivity contribution is 0.207. The summed E-state index contributed by atoms with van der Waals surface area (Å²) in [5.74, 6) is 1.63. The molecule has 0 unspecified atom stereocenters. The van der Waals surface area contributed by atoms with E-state index < -0.39 is 10.0 Å². The zero-order chi connectivity index (χ0) is 25.0. The molecule has 1 aliphatic carbocycles. The van der Waals surface area contributed by atoms with Crippen LogP contribution in [0.25, 0.3) is 16.8 Å². The molecule has 188 valence electrons. The normalized spacial score (nSPS) is 20.4. The summed E-state index contributed by atoms with van der Waals surface area (Å²) >= 11 is 0. The number of aromatic nitrogens is 5. The van der Waals surface area contributed by atoms with Gasteiger partial charge in [0.25, 0.3) is 10.0 Å². The van der Waals surface area contributed by atoms with Crippen LogP contribution in [0.3, 0.4) is 0 Å². The maximum absolute atomic E-state index is 13.4. The van der Waals surface area contributed by atoms with Crippen LogP contribution in [0.5, 0.6) is 0 Å². The molecule has 0 radical (unpaired) electrons. The predicted octanol–water partition coefficient (Wildman–Crippen LogP) is 3.17. The number of urea groups is 1. The molecular weight excluding hydrogens is 478 g/mol. The van der Waals surface area contributed by atoms with Gasteiger partial charge in [-0.3, -0.25) is 4.40 Å². The van der Waals surface area contributed by atoms with Crippen LogP contribution in [0.4, 0.5) is 4.79 Å². The Morgan fingerprint density at radius 3 is 2.64 bits per heavy atom. The summed E-state index contributed by atoms with van der Waals surface area (Å²) in [6.07, 6.45) is 6.66. The Morgan fingerprint density at radius 2 is 1.89 bits per heavy atom. The van der Waals surface area contributed by atoms with E-state index in [1.165, 1.54) is 23.0 Å².